The smallest absolute Gasteiger partial charge is 0.317 e. The maximum atomic E-state index is 12.5. The monoisotopic (exact) mass is 313 g/mol. The molecular formula is C16H18F3NS. The molecule has 0 aliphatic carbocycles. The molecule has 0 amide bonds. The van der Waals surface area contributed by atoms with Crippen molar-refractivity contribution in [2.24, 2.45) is 0 Å². The van der Waals surface area contributed by atoms with Gasteiger partial charge in [-0.15, -0.1) is 0 Å². The van der Waals surface area contributed by atoms with Crippen molar-refractivity contribution >= 4 is 11.3 Å². The Kier molecular flexibility index (Phi) is 5.42. The van der Waals surface area contributed by atoms with E-state index < -0.39 is 11.7 Å². The second-order valence-corrected chi connectivity index (χ2v) is 5.83. The second kappa shape index (κ2) is 7.09. The van der Waals surface area contributed by atoms with E-state index in [1.165, 1.54) is 5.56 Å². The molecule has 1 unspecified atom stereocenters. The Bertz CT molecular complexity index is 532. The molecule has 2 rings (SSSR count). The second-order valence-electron chi connectivity index (χ2n) is 5.05. The number of benzene rings is 1. The molecule has 0 spiro atoms. The summed E-state index contributed by atoms with van der Waals surface area (Å²) < 4.78 is 37.5. The molecule has 21 heavy (non-hydrogen) atoms. The fourth-order valence-electron chi connectivity index (χ4n) is 2.24. The number of thiophene rings is 1. The summed E-state index contributed by atoms with van der Waals surface area (Å²) in [7, 11) is 1.89. The first kappa shape index (κ1) is 16.0. The third kappa shape index (κ3) is 4.86. The molecule has 1 aromatic heterocycles. The average Bonchev–Trinajstić information content (AvgIpc) is 2.96. The Labute approximate surface area is 126 Å². The molecule has 0 radical (unpaired) electrons. The van der Waals surface area contributed by atoms with Crippen LogP contribution in [0.5, 0.6) is 0 Å². The third-order valence-electron chi connectivity index (χ3n) is 3.53. The minimum absolute atomic E-state index is 0.265. The molecule has 2 aromatic rings. The van der Waals surface area contributed by atoms with Crippen LogP contribution >= 0.6 is 11.3 Å². The number of rotatable bonds is 6. The van der Waals surface area contributed by atoms with Crippen LogP contribution in [-0.2, 0) is 19.0 Å². The minimum atomic E-state index is -4.26. The molecule has 1 atom stereocenters. The fourth-order valence-corrected chi connectivity index (χ4v) is 2.94. The van der Waals surface area contributed by atoms with E-state index in [0.29, 0.717) is 0 Å². The van der Waals surface area contributed by atoms with Gasteiger partial charge in [0.2, 0.25) is 0 Å². The molecule has 114 valence electrons. The van der Waals surface area contributed by atoms with Crippen molar-refractivity contribution in [1.29, 1.82) is 0 Å². The van der Waals surface area contributed by atoms with Gasteiger partial charge in [-0.1, -0.05) is 12.1 Å². The Hall–Kier alpha value is -1.33. The van der Waals surface area contributed by atoms with E-state index in [9.17, 15) is 13.2 Å². The summed E-state index contributed by atoms with van der Waals surface area (Å²) >= 11 is 1.68. The van der Waals surface area contributed by atoms with Gasteiger partial charge in [-0.05, 0) is 66.4 Å². The summed E-state index contributed by atoms with van der Waals surface area (Å²) in [5.41, 5.74) is 1.64. The van der Waals surface area contributed by atoms with Crippen molar-refractivity contribution in [2.45, 2.75) is 31.5 Å². The van der Waals surface area contributed by atoms with E-state index >= 15 is 0 Å². The van der Waals surface area contributed by atoms with Gasteiger partial charge in [0.25, 0.3) is 0 Å². The highest BCUT2D eigenvalue weighted by Crippen LogP contribution is 2.29. The zero-order chi connectivity index (χ0) is 15.3. The Morgan fingerprint density at radius 2 is 1.81 bits per heavy atom. The van der Waals surface area contributed by atoms with Crippen LogP contribution in [0.3, 0.4) is 0 Å². The summed E-state index contributed by atoms with van der Waals surface area (Å²) in [5.74, 6) is 0. The van der Waals surface area contributed by atoms with Crippen LogP contribution in [0.15, 0.2) is 41.1 Å². The molecule has 1 aromatic carbocycles. The normalized spacial score (nSPS) is 13.3. The number of hydrogen-bond donors (Lipinski definition) is 1. The summed E-state index contributed by atoms with van der Waals surface area (Å²) in [6.07, 6.45) is -1.58. The summed E-state index contributed by atoms with van der Waals surface area (Å²) in [6, 6.07) is 7.81. The van der Waals surface area contributed by atoms with Gasteiger partial charge in [-0.3, -0.25) is 0 Å². The van der Waals surface area contributed by atoms with Gasteiger partial charge in [0.1, 0.15) is 0 Å². The Morgan fingerprint density at radius 1 is 1.10 bits per heavy atom. The lowest BCUT2D eigenvalue weighted by Crippen LogP contribution is -2.28. The van der Waals surface area contributed by atoms with Crippen LogP contribution < -0.4 is 5.32 Å². The molecule has 0 aliphatic heterocycles. The van der Waals surface area contributed by atoms with Gasteiger partial charge < -0.3 is 5.32 Å². The lowest BCUT2D eigenvalue weighted by Gasteiger charge is -2.16. The summed E-state index contributed by atoms with van der Waals surface area (Å²) in [5, 5.41) is 7.42. The Balaban J connectivity index is 1.92. The third-order valence-corrected chi connectivity index (χ3v) is 4.27. The first-order chi connectivity index (χ1) is 9.99. The number of likely N-dealkylation sites (N-methyl/N-ethyl adjacent to an activating group) is 1. The number of hydrogen-bond acceptors (Lipinski definition) is 2. The van der Waals surface area contributed by atoms with Crippen LogP contribution in [0.4, 0.5) is 13.2 Å². The molecule has 1 nitrogen and oxygen atoms in total. The predicted octanol–water partition coefficient (Wildman–Crippen LogP) is 4.53. The lowest BCUT2D eigenvalue weighted by molar-refractivity contribution is -0.137. The molecule has 1 N–H and O–H groups in total. The quantitative estimate of drug-likeness (QED) is 0.826. The van der Waals surface area contributed by atoms with Crippen molar-refractivity contribution < 1.29 is 13.2 Å². The van der Waals surface area contributed by atoms with Crippen molar-refractivity contribution in [3.05, 3.63) is 57.8 Å². The molecule has 5 heteroatoms. The molecule has 0 saturated carbocycles. The predicted molar refractivity (Wildman–Crippen MR) is 80.6 cm³/mol. The number of halogens is 3. The molecule has 1 heterocycles. The van der Waals surface area contributed by atoms with Gasteiger partial charge in [0, 0.05) is 6.04 Å². The van der Waals surface area contributed by atoms with E-state index in [-0.39, 0.29) is 6.04 Å². The molecule has 0 saturated heterocycles. The van der Waals surface area contributed by atoms with E-state index in [1.54, 1.807) is 23.5 Å². The summed E-state index contributed by atoms with van der Waals surface area (Å²) in [6.45, 7) is 0. The van der Waals surface area contributed by atoms with Gasteiger partial charge in [0.05, 0.1) is 5.56 Å². The molecule has 0 bridgehead atoms. The van der Waals surface area contributed by atoms with Crippen molar-refractivity contribution in [1.82, 2.24) is 5.32 Å². The van der Waals surface area contributed by atoms with E-state index in [2.05, 4.69) is 22.1 Å². The van der Waals surface area contributed by atoms with Crippen LogP contribution in [0, 0.1) is 0 Å². The number of alkyl halides is 3. The van der Waals surface area contributed by atoms with Gasteiger partial charge in [-0.2, -0.15) is 24.5 Å². The zero-order valence-electron chi connectivity index (χ0n) is 11.8. The van der Waals surface area contributed by atoms with Crippen LogP contribution in [0.25, 0.3) is 0 Å². The Morgan fingerprint density at radius 3 is 2.33 bits per heavy atom. The van der Waals surface area contributed by atoms with Crippen LogP contribution in [0.1, 0.15) is 23.1 Å². The summed E-state index contributed by atoms with van der Waals surface area (Å²) in [4.78, 5) is 0. The largest absolute Gasteiger partial charge is 0.416 e. The topological polar surface area (TPSA) is 12.0 Å². The standard InChI is InChI=1S/C16H18F3NS/c1-20-15(7-4-13-8-9-21-11-13)10-12-2-5-14(6-3-12)16(17,18)19/h2-3,5-6,8-9,11,15,20H,4,7,10H2,1H3. The fraction of sp³-hybridized carbons (Fsp3) is 0.375. The van der Waals surface area contributed by atoms with E-state index in [0.717, 1.165) is 37.0 Å². The molecule has 0 fully saturated rings. The molecular weight excluding hydrogens is 295 g/mol. The van der Waals surface area contributed by atoms with Crippen molar-refractivity contribution in [3.8, 4) is 0 Å². The van der Waals surface area contributed by atoms with Gasteiger partial charge in [0.15, 0.2) is 0 Å². The first-order valence-electron chi connectivity index (χ1n) is 6.83. The van der Waals surface area contributed by atoms with Gasteiger partial charge >= 0.3 is 6.18 Å². The lowest BCUT2D eigenvalue weighted by atomic mass is 9.99. The zero-order valence-corrected chi connectivity index (χ0v) is 12.6. The van der Waals surface area contributed by atoms with Crippen molar-refractivity contribution in [3.63, 3.8) is 0 Å². The van der Waals surface area contributed by atoms with Crippen LogP contribution in [-0.4, -0.2) is 13.1 Å². The van der Waals surface area contributed by atoms with E-state index in [4.69, 9.17) is 0 Å². The maximum Gasteiger partial charge on any atom is 0.416 e. The number of aryl methyl sites for hydroxylation is 1. The first-order valence-corrected chi connectivity index (χ1v) is 7.78. The highest BCUT2D eigenvalue weighted by molar-refractivity contribution is 7.07. The number of nitrogens with one attached hydrogen (secondary N) is 1. The highest BCUT2D eigenvalue weighted by Gasteiger charge is 2.29. The SMILES string of the molecule is CNC(CCc1ccsc1)Cc1ccc(C(F)(F)F)cc1. The molecule has 0 aliphatic rings. The average molecular weight is 313 g/mol. The highest BCUT2D eigenvalue weighted by atomic mass is 32.1. The van der Waals surface area contributed by atoms with Crippen LogP contribution in [0.2, 0.25) is 0 Å². The van der Waals surface area contributed by atoms with Crippen molar-refractivity contribution in [2.75, 3.05) is 7.05 Å². The van der Waals surface area contributed by atoms with E-state index in [1.807, 2.05) is 7.05 Å². The maximum absolute atomic E-state index is 12.5. The van der Waals surface area contributed by atoms with Gasteiger partial charge in [-0.25, -0.2) is 0 Å². The minimum Gasteiger partial charge on any atom is -0.317 e.